The third-order valence-electron chi connectivity index (χ3n) is 6.32. The van der Waals surface area contributed by atoms with E-state index >= 15 is 0 Å². The largest absolute Gasteiger partial charge is 0.465 e. The van der Waals surface area contributed by atoms with Gasteiger partial charge in [-0.2, -0.15) is 0 Å². The molecule has 4 rings (SSSR count). The summed E-state index contributed by atoms with van der Waals surface area (Å²) < 4.78 is 1.42. The molecule has 0 bridgehead atoms. The van der Waals surface area contributed by atoms with Crippen molar-refractivity contribution in [1.82, 2.24) is 9.55 Å². The summed E-state index contributed by atoms with van der Waals surface area (Å²) in [6, 6.07) is 19.6. The molecule has 0 saturated heterocycles. The van der Waals surface area contributed by atoms with Gasteiger partial charge >= 0.3 is 6.09 Å². The minimum Gasteiger partial charge on any atom is -0.465 e. The molecule has 0 unspecified atom stereocenters. The molecule has 2 amide bonds. The van der Waals surface area contributed by atoms with Crippen molar-refractivity contribution in [2.75, 3.05) is 16.0 Å². The molecule has 0 aliphatic carbocycles. The second kappa shape index (κ2) is 10.8. The van der Waals surface area contributed by atoms with Crippen LogP contribution in [0.25, 0.3) is 11.3 Å². The molecule has 9 heteroatoms. The van der Waals surface area contributed by atoms with Gasteiger partial charge in [0, 0.05) is 41.4 Å². The summed E-state index contributed by atoms with van der Waals surface area (Å²) in [5.41, 5.74) is 4.90. The molecule has 0 saturated carbocycles. The summed E-state index contributed by atoms with van der Waals surface area (Å²) in [5.74, 6) is -0.142. The van der Waals surface area contributed by atoms with Gasteiger partial charge in [0.05, 0.1) is 5.69 Å². The predicted octanol–water partition coefficient (Wildman–Crippen LogP) is 6.14. The first-order valence-corrected chi connectivity index (χ1v) is 12.4. The highest BCUT2D eigenvalue weighted by atomic mass is 16.4. The smallest absolute Gasteiger partial charge is 0.409 e. The van der Waals surface area contributed by atoms with E-state index in [1.165, 1.54) is 4.57 Å². The Morgan fingerprint density at radius 2 is 1.59 bits per heavy atom. The van der Waals surface area contributed by atoms with Gasteiger partial charge in [-0.1, -0.05) is 51.1 Å². The van der Waals surface area contributed by atoms with E-state index in [1.54, 1.807) is 37.5 Å². The Morgan fingerprint density at radius 1 is 0.923 bits per heavy atom. The summed E-state index contributed by atoms with van der Waals surface area (Å²) in [6.45, 7) is 8.26. The molecule has 0 spiro atoms. The fourth-order valence-electron chi connectivity index (χ4n) is 4.12. The molecule has 1 aromatic heterocycles. The van der Waals surface area contributed by atoms with Crippen LogP contribution in [0.1, 0.15) is 42.3 Å². The minimum absolute atomic E-state index is 0.00538. The molecule has 4 aromatic rings. The van der Waals surface area contributed by atoms with Gasteiger partial charge in [0.25, 0.3) is 11.5 Å². The average Bonchev–Trinajstić information content (AvgIpc) is 2.87. The fourth-order valence-corrected chi connectivity index (χ4v) is 4.12. The van der Waals surface area contributed by atoms with Gasteiger partial charge in [-0.15, -0.1) is 0 Å². The summed E-state index contributed by atoms with van der Waals surface area (Å²) in [6.07, 6.45) is 0.447. The Labute approximate surface area is 226 Å². The van der Waals surface area contributed by atoms with E-state index in [0.717, 1.165) is 16.7 Å². The molecule has 0 radical (unpaired) electrons. The van der Waals surface area contributed by atoms with E-state index in [-0.39, 0.29) is 22.7 Å². The Balaban J connectivity index is 1.62. The van der Waals surface area contributed by atoms with E-state index in [4.69, 9.17) is 5.11 Å². The highest BCUT2D eigenvalue weighted by Gasteiger charge is 2.17. The fraction of sp³-hybridized carbons (Fsp3) is 0.200. The van der Waals surface area contributed by atoms with Crippen LogP contribution in [0.15, 0.2) is 77.7 Å². The Morgan fingerprint density at radius 3 is 2.26 bits per heavy atom. The van der Waals surface area contributed by atoms with Crippen LogP contribution in [-0.4, -0.2) is 26.7 Å². The topological polar surface area (TPSA) is 125 Å². The maximum atomic E-state index is 13.0. The van der Waals surface area contributed by atoms with Crippen molar-refractivity contribution in [3.8, 4) is 11.3 Å². The van der Waals surface area contributed by atoms with Crippen LogP contribution in [0.3, 0.4) is 0 Å². The Bertz CT molecular complexity index is 1600. The van der Waals surface area contributed by atoms with Crippen LogP contribution >= 0.6 is 0 Å². The van der Waals surface area contributed by atoms with Crippen LogP contribution in [0.4, 0.5) is 27.7 Å². The number of anilines is 4. The predicted molar refractivity (Wildman–Crippen MR) is 154 cm³/mol. The quantitative estimate of drug-likeness (QED) is 0.240. The number of hydrogen-bond acceptors (Lipinski definition) is 5. The number of nitrogens with zero attached hydrogens (tertiary/aromatic N) is 2. The van der Waals surface area contributed by atoms with Gasteiger partial charge in [-0.25, -0.2) is 9.78 Å². The van der Waals surface area contributed by atoms with Crippen molar-refractivity contribution in [1.29, 1.82) is 0 Å². The number of amides is 2. The monoisotopic (exact) mass is 525 g/mol. The Hall–Kier alpha value is -4.92. The zero-order valence-corrected chi connectivity index (χ0v) is 22.5. The van der Waals surface area contributed by atoms with Gasteiger partial charge in [-0.3, -0.25) is 14.9 Å². The summed E-state index contributed by atoms with van der Waals surface area (Å²) in [4.78, 5) is 41.4. The standard InChI is InChI=1S/C30H31N5O4/c1-18-23(10-7-11-24(18)34-27(36)19-12-14-20(15-13-19)30(2,3)4)25-17-35(5)28(37)26(33-25)31-21-8-6-9-22(16-21)32-29(38)39/h6-17,32H,1-5H3,(H,31,33)(H,34,36)(H,38,39). The summed E-state index contributed by atoms with van der Waals surface area (Å²) in [7, 11) is 1.63. The van der Waals surface area contributed by atoms with Crippen LogP contribution < -0.4 is 21.5 Å². The number of nitrogens with one attached hydrogen (secondary N) is 3. The molecule has 9 nitrogen and oxygen atoms in total. The number of carbonyl (C=O) groups is 2. The van der Waals surface area contributed by atoms with Crippen molar-refractivity contribution < 1.29 is 14.7 Å². The van der Waals surface area contributed by atoms with Crippen LogP contribution in [0.5, 0.6) is 0 Å². The maximum Gasteiger partial charge on any atom is 0.409 e. The molecule has 39 heavy (non-hydrogen) atoms. The lowest BCUT2D eigenvalue weighted by atomic mass is 9.86. The van der Waals surface area contributed by atoms with Crippen molar-refractivity contribution in [2.45, 2.75) is 33.1 Å². The third-order valence-corrected chi connectivity index (χ3v) is 6.32. The van der Waals surface area contributed by atoms with Crippen molar-refractivity contribution in [3.63, 3.8) is 0 Å². The number of aromatic nitrogens is 2. The highest BCUT2D eigenvalue weighted by Crippen LogP contribution is 2.29. The van der Waals surface area contributed by atoms with Crippen LogP contribution in [0, 0.1) is 6.92 Å². The molecule has 0 aliphatic heterocycles. The molecular weight excluding hydrogens is 494 g/mol. The molecule has 4 N–H and O–H groups in total. The van der Waals surface area contributed by atoms with Gasteiger partial charge < -0.3 is 20.3 Å². The number of hydrogen-bond donors (Lipinski definition) is 4. The van der Waals surface area contributed by atoms with E-state index in [1.807, 2.05) is 49.4 Å². The van der Waals surface area contributed by atoms with Crippen LogP contribution in [0.2, 0.25) is 0 Å². The number of carboxylic acid groups (broad SMARTS) is 1. The molecular formula is C30H31N5O4. The van der Waals surface area contributed by atoms with Gasteiger partial charge in [0.1, 0.15) is 0 Å². The molecule has 3 aromatic carbocycles. The number of aryl methyl sites for hydroxylation is 1. The normalized spacial score (nSPS) is 11.1. The van der Waals surface area contributed by atoms with Gasteiger partial charge in [-0.05, 0) is 59.9 Å². The first-order valence-electron chi connectivity index (χ1n) is 12.4. The average molecular weight is 526 g/mol. The zero-order chi connectivity index (χ0) is 28.3. The van der Waals surface area contributed by atoms with Gasteiger partial charge in [0.2, 0.25) is 0 Å². The molecule has 200 valence electrons. The van der Waals surface area contributed by atoms with E-state index in [9.17, 15) is 14.4 Å². The second-order valence-corrected chi connectivity index (χ2v) is 10.3. The lowest BCUT2D eigenvalue weighted by Gasteiger charge is -2.19. The number of carbonyl (C=O) groups excluding carboxylic acids is 1. The molecule has 0 aliphatic rings. The van der Waals surface area contributed by atoms with E-state index in [2.05, 4.69) is 41.7 Å². The van der Waals surface area contributed by atoms with Crippen molar-refractivity contribution in [2.24, 2.45) is 7.05 Å². The first-order chi connectivity index (χ1) is 18.4. The molecule has 0 fully saturated rings. The third kappa shape index (κ3) is 6.32. The van der Waals surface area contributed by atoms with E-state index in [0.29, 0.717) is 28.3 Å². The molecule has 1 heterocycles. The maximum absolute atomic E-state index is 13.0. The lowest BCUT2D eigenvalue weighted by Crippen LogP contribution is -2.21. The molecule has 0 atom stereocenters. The highest BCUT2D eigenvalue weighted by molar-refractivity contribution is 6.05. The van der Waals surface area contributed by atoms with Crippen LogP contribution in [-0.2, 0) is 12.5 Å². The zero-order valence-electron chi connectivity index (χ0n) is 22.5. The Kier molecular flexibility index (Phi) is 7.53. The summed E-state index contributed by atoms with van der Waals surface area (Å²) in [5, 5.41) is 17.2. The van der Waals surface area contributed by atoms with Gasteiger partial charge in [0.15, 0.2) is 5.82 Å². The first kappa shape index (κ1) is 27.1. The SMILES string of the molecule is Cc1c(NC(=O)c2ccc(C(C)(C)C)cc2)cccc1-c1cn(C)c(=O)c(Nc2cccc(NC(=O)O)c2)n1. The summed E-state index contributed by atoms with van der Waals surface area (Å²) >= 11 is 0. The lowest BCUT2D eigenvalue weighted by molar-refractivity contribution is 0.102. The minimum atomic E-state index is -1.19. The van der Waals surface area contributed by atoms with E-state index < -0.39 is 6.09 Å². The second-order valence-electron chi connectivity index (χ2n) is 10.3. The number of rotatable bonds is 6. The van der Waals surface area contributed by atoms with Crippen molar-refractivity contribution >= 4 is 34.9 Å². The van der Waals surface area contributed by atoms with Crippen molar-refractivity contribution in [3.05, 3.63) is 100.0 Å². The number of benzene rings is 3.